The Balaban J connectivity index is 1.31. The highest BCUT2D eigenvalue weighted by Crippen LogP contribution is 2.44. The Morgan fingerprint density at radius 3 is 2.29 bits per heavy atom. The van der Waals surface area contributed by atoms with Crippen molar-refractivity contribution < 1.29 is 33.0 Å². The molecular weight excluding hydrogens is 462 g/mol. The molecule has 182 valence electrons. The molecule has 0 bridgehead atoms. The first-order valence-corrected chi connectivity index (χ1v) is 10.8. The Hall–Kier alpha value is -4.28. The number of aromatic nitrogens is 2. The number of benzene rings is 2. The lowest BCUT2D eigenvalue weighted by atomic mass is 9.98. The average Bonchev–Trinajstić information content (AvgIpc) is 3.38. The van der Waals surface area contributed by atoms with Crippen LogP contribution in [0.25, 0.3) is 11.1 Å². The van der Waals surface area contributed by atoms with Crippen molar-refractivity contribution in [3.63, 3.8) is 0 Å². The summed E-state index contributed by atoms with van der Waals surface area (Å²) < 4.78 is 32.4. The number of halogens is 2. The van der Waals surface area contributed by atoms with Gasteiger partial charge in [0.2, 0.25) is 5.91 Å². The minimum atomic E-state index is -3.03. The smallest absolute Gasteiger partial charge is 0.411 e. The zero-order chi connectivity index (χ0) is 24.9. The first-order valence-electron chi connectivity index (χ1n) is 10.8. The van der Waals surface area contributed by atoms with Crippen molar-refractivity contribution in [3.05, 3.63) is 72.1 Å². The number of carbonyl (C=O) groups is 3. The van der Waals surface area contributed by atoms with E-state index < -0.39 is 43.4 Å². The molecule has 3 N–H and O–H groups in total. The van der Waals surface area contributed by atoms with Crippen LogP contribution in [0.2, 0.25) is 0 Å². The molecule has 0 saturated carbocycles. The molecule has 1 heterocycles. The third-order valence-electron chi connectivity index (χ3n) is 5.57. The number of hydrogen-bond donors (Lipinski definition) is 3. The molecule has 3 aromatic rings. The van der Waals surface area contributed by atoms with E-state index in [1.807, 2.05) is 53.8 Å². The second kappa shape index (κ2) is 10.3. The monoisotopic (exact) mass is 484 g/mol. The van der Waals surface area contributed by atoms with Gasteiger partial charge in [0, 0.05) is 12.1 Å². The maximum absolute atomic E-state index is 12.9. The van der Waals surface area contributed by atoms with Gasteiger partial charge in [-0.1, -0.05) is 48.5 Å². The van der Waals surface area contributed by atoms with E-state index >= 15 is 0 Å². The molecule has 11 heteroatoms. The molecule has 1 atom stereocenters. The van der Waals surface area contributed by atoms with Gasteiger partial charge in [0.25, 0.3) is 6.43 Å². The van der Waals surface area contributed by atoms with Gasteiger partial charge in [-0.2, -0.15) is 5.10 Å². The van der Waals surface area contributed by atoms with Crippen molar-refractivity contribution in [2.75, 3.05) is 11.9 Å². The van der Waals surface area contributed by atoms with Crippen LogP contribution >= 0.6 is 0 Å². The van der Waals surface area contributed by atoms with E-state index in [4.69, 9.17) is 9.84 Å². The topological polar surface area (TPSA) is 123 Å². The number of hydrogen-bond acceptors (Lipinski definition) is 5. The molecule has 0 fully saturated rings. The second-order valence-electron chi connectivity index (χ2n) is 7.98. The van der Waals surface area contributed by atoms with Crippen LogP contribution in [0.4, 0.5) is 19.3 Å². The van der Waals surface area contributed by atoms with Crippen molar-refractivity contribution >= 4 is 23.7 Å². The molecule has 35 heavy (non-hydrogen) atoms. The Kier molecular flexibility index (Phi) is 7.04. The normalized spacial score (nSPS) is 13.1. The Morgan fingerprint density at radius 1 is 1.06 bits per heavy atom. The maximum Gasteiger partial charge on any atom is 0.411 e. The molecule has 0 spiro atoms. The summed E-state index contributed by atoms with van der Waals surface area (Å²) in [5.74, 6) is -2.40. The van der Waals surface area contributed by atoms with Crippen LogP contribution < -0.4 is 10.6 Å². The summed E-state index contributed by atoms with van der Waals surface area (Å²) in [6, 6.07) is 14.1. The van der Waals surface area contributed by atoms with Crippen LogP contribution in [0.3, 0.4) is 0 Å². The molecule has 1 aliphatic carbocycles. The van der Waals surface area contributed by atoms with Gasteiger partial charge in [0.05, 0.1) is 18.3 Å². The number of amides is 2. The molecule has 2 aromatic carbocycles. The number of alkyl halides is 2. The average molecular weight is 484 g/mol. The summed E-state index contributed by atoms with van der Waals surface area (Å²) in [6.07, 6.45) is -2.04. The maximum atomic E-state index is 12.9. The quantitative estimate of drug-likeness (QED) is 0.428. The van der Waals surface area contributed by atoms with Gasteiger partial charge in [-0.15, -0.1) is 0 Å². The fourth-order valence-electron chi connectivity index (χ4n) is 4.06. The van der Waals surface area contributed by atoms with Crippen LogP contribution in [0, 0.1) is 0 Å². The summed E-state index contributed by atoms with van der Waals surface area (Å²) in [6.45, 7) is -0.315. The summed E-state index contributed by atoms with van der Waals surface area (Å²) >= 11 is 0. The van der Waals surface area contributed by atoms with E-state index in [1.54, 1.807) is 0 Å². The number of anilines is 1. The lowest BCUT2D eigenvalue weighted by Crippen LogP contribution is -2.42. The minimum Gasteiger partial charge on any atom is -0.481 e. The van der Waals surface area contributed by atoms with Gasteiger partial charge >= 0.3 is 12.1 Å². The standard InChI is InChI=1S/C24H22F2N4O5/c25-23(26)20(9-22(32)33)29-21(31)12-30-11-14(10-27-30)28-24(34)35-13-19-17-7-3-1-5-15(17)16-6-2-4-8-18(16)19/h1-8,10-11,19-20,23H,9,12-13H2,(H,28,34)(H,29,31)(H,32,33). The van der Waals surface area contributed by atoms with Gasteiger partial charge in [0.15, 0.2) is 0 Å². The van der Waals surface area contributed by atoms with E-state index in [1.165, 1.54) is 12.4 Å². The zero-order valence-corrected chi connectivity index (χ0v) is 18.4. The first kappa shape index (κ1) is 23.9. The van der Waals surface area contributed by atoms with E-state index in [0.29, 0.717) is 0 Å². The van der Waals surface area contributed by atoms with E-state index in [2.05, 4.69) is 10.4 Å². The van der Waals surface area contributed by atoms with Crippen molar-refractivity contribution in [2.24, 2.45) is 0 Å². The van der Waals surface area contributed by atoms with Gasteiger partial charge in [-0.05, 0) is 22.3 Å². The molecule has 2 amide bonds. The largest absolute Gasteiger partial charge is 0.481 e. The van der Waals surface area contributed by atoms with Crippen molar-refractivity contribution in [1.29, 1.82) is 0 Å². The van der Waals surface area contributed by atoms with Gasteiger partial charge < -0.3 is 15.2 Å². The highest BCUT2D eigenvalue weighted by atomic mass is 19.3. The molecule has 0 saturated heterocycles. The Labute approximate surface area is 198 Å². The molecule has 0 aliphatic heterocycles. The van der Waals surface area contributed by atoms with Gasteiger partial charge in [-0.25, -0.2) is 13.6 Å². The highest BCUT2D eigenvalue weighted by molar-refractivity contribution is 5.85. The van der Waals surface area contributed by atoms with E-state index in [9.17, 15) is 23.2 Å². The van der Waals surface area contributed by atoms with E-state index in [0.717, 1.165) is 26.9 Å². The summed E-state index contributed by atoms with van der Waals surface area (Å²) in [5, 5.41) is 17.1. The predicted octanol–water partition coefficient (Wildman–Crippen LogP) is 3.47. The van der Waals surface area contributed by atoms with Crippen LogP contribution in [-0.4, -0.2) is 51.9 Å². The second-order valence-corrected chi connectivity index (χ2v) is 7.98. The summed E-state index contributed by atoms with van der Waals surface area (Å²) in [7, 11) is 0. The summed E-state index contributed by atoms with van der Waals surface area (Å²) in [4.78, 5) is 35.0. The van der Waals surface area contributed by atoms with Crippen LogP contribution in [0.5, 0.6) is 0 Å². The van der Waals surface area contributed by atoms with Gasteiger partial charge in [0.1, 0.15) is 19.2 Å². The number of rotatable bonds is 9. The summed E-state index contributed by atoms with van der Waals surface area (Å²) in [5.41, 5.74) is 4.60. The molecular formula is C24H22F2N4O5. The third-order valence-corrected chi connectivity index (χ3v) is 5.57. The number of carboxylic acid groups (broad SMARTS) is 1. The van der Waals surface area contributed by atoms with Crippen LogP contribution in [0.15, 0.2) is 60.9 Å². The first-order chi connectivity index (χ1) is 16.8. The number of fused-ring (bicyclic) bond motifs is 3. The van der Waals surface area contributed by atoms with Crippen LogP contribution in [0.1, 0.15) is 23.5 Å². The highest BCUT2D eigenvalue weighted by Gasteiger charge is 2.29. The Bertz CT molecular complexity index is 1200. The number of carboxylic acids is 1. The predicted molar refractivity (Wildman–Crippen MR) is 121 cm³/mol. The lowest BCUT2D eigenvalue weighted by molar-refractivity contribution is -0.139. The number of nitrogens with one attached hydrogen (secondary N) is 2. The molecule has 1 aromatic heterocycles. The molecule has 0 radical (unpaired) electrons. The Morgan fingerprint density at radius 2 is 1.69 bits per heavy atom. The van der Waals surface area contributed by atoms with Crippen LogP contribution in [-0.2, 0) is 20.9 Å². The molecule has 4 rings (SSSR count). The van der Waals surface area contributed by atoms with Crippen molar-refractivity contribution in [2.45, 2.75) is 31.4 Å². The van der Waals surface area contributed by atoms with Crippen molar-refractivity contribution in [3.8, 4) is 11.1 Å². The molecule has 9 nitrogen and oxygen atoms in total. The fraction of sp³-hybridized carbons (Fsp3) is 0.250. The van der Waals surface area contributed by atoms with Gasteiger partial charge in [-0.3, -0.25) is 19.6 Å². The van der Waals surface area contributed by atoms with E-state index in [-0.39, 0.29) is 18.2 Å². The molecule has 1 unspecified atom stereocenters. The number of nitrogens with zero attached hydrogens (tertiary/aromatic N) is 2. The van der Waals surface area contributed by atoms with Crippen molar-refractivity contribution in [1.82, 2.24) is 15.1 Å². The zero-order valence-electron chi connectivity index (χ0n) is 18.4. The number of carbonyl (C=O) groups excluding carboxylic acids is 2. The SMILES string of the molecule is O=C(O)CC(NC(=O)Cn1cc(NC(=O)OCC2c3ccccc3-c3ccccc32)cn1)C(F)F. The number of ether oxygens (including phenoxy) is 1. The minimum absolute atomic E-state index is 0.104. The molecule has 1 aliphatic rings. The lowest BCUT2D eigenvalue weighted by Gasteiger charge is -2.15. The fourth-order valence-corrected chi connectivity index (χ4v) is 4.06. The third kappa shape index (κ3) is 5.62. The number of aliphatic carboxylic acids is 1.